The van der Waals surface area contributed by atoms with Crippen LogP contribution in [0.15, 0.2) is 53.9 Å². The minimum atomic E-state index is 0.624. The summed E-state index contributed by atoms with van der Waals surface area (Å²) in [6.07, 6.45) is 4.77. The van der Waals surface area contributed by atoms with E-state index >= 15 is 0 Å². The molecule has 2 heterocycles. The lowest BCUT2D eigenvalue weighted by molar-refractivity contribution is 0.322. The molecule has 98 valence electrons. The number of aromatic nitrogens is 2. The zero-order valence-electron chi connectivity index (χ0n) is 10.4. The fourth-order valence-electron chi connectivity index (χ4n) is 1.98. The monoisotopic (exact) mass is 283 g/mol. The van der Waals surface area contributed by atoms with E-state index < -0.39 is 0 Å². The van der Waals surface area contributed by atoms with Gasteiger partial charge in [0.25, 0.3) is 0 Å². The molecular weight excluding hydrogens is 274 g/mol. The lowest BCUT2D eigenvalue weighted by Gasteiger charge is -2.05. The first-order valence-corrected chi connectivity index (χ1v) is 6.34. The molecule has 0 radical (unpaired) electrons. The molecule has 3 rings (SSSR count). The van der Waals surface area contributed by atoms with E-state index in [1.807, 2.05) is 36.4 Å². The number of oxime groups is 1. The minimum Gasteiger partial charge on any atom is -0.411 e. The van der Waals surface area contributed by atoms with E-state index in [2.05, 4.69) is 15.1 Å². The van der Waals surface area contributed by atoms with Gasteiger partial charge in [-0.3, -0.25) is 4.98 Å². The summed E-state index contributed by atoms with van der Waals surface area (Å²) >= 11 is 6.26. The molecule has 1 aromatic carbocycles. The minimum absolute atomic E-state index is 0.624. The van der Waals surface area contributed by atoms with Crippen molar-refractivity contribution in [1.29, 1.82) is 0 Å². The van der Waals surface area contributed by atoms with Crippen LogP contribution in [-0.4, -0.2) is 21.4 Å². The van der Waals surface area contributed by atoms with Crippen molar-refractivity contribution in [1.82, 2.24) is 9.97 Å². The van der Waals surface area contributed by atoms with Crippen LogP contribution in [0, 0.1) is 0 Å². The second kappa shape index (κ2) is 5.27. The van der Waals surface area contributed by atoms with Crippen molar-refractivity contribution >= 4 is 28.7 Å². The highest BCUT2D eigenvalue weighted by Gasteiger charge is 2.06. The van der Waals surface area contributed by atoms with E-state index in [0.717, 1.165) is 27.7 Å². The van der Waals surface area contributed by atoms with E-state index in [1.54, 1.807) is 12.4 Å². The van der Waals surface area contributed by atoms with Crippen LogP contribution in [0.4, 0.5) is 0 Å². The van der Waals surface area contributed by atoms with Crippen molar-refractivity contribution < 1.29 is 5.21 Å². The Hall–Kier alpha value is -2.46. The largest absolute Gasteiger partial charge is 0.411 e. The molecule has 5 heteroatoms. The van der Waals surface area contributed by atoms with Crippen LogP contribution in [0.1, 0.15) is 5.56 Å². The maximum atomic E-state index is 8.49. The molecule has 0 saturated carbocycles. The van der Waals surface area contributed by atoms with Crippen molar-refractivity contribution in [2.45, 2.75) is 0 Å². The first-order chi connectivity index (χ1) is 9.78. The standard InChI is InChI=1S/C15H10ClN3O/c16-13-7-15(19-14-5-6-17-9-12(13)14)11-3-1-10(2-4-11)8-18-20/h1-9,20H/b18-8+. The van der Waals surface area contributed by atoms with E-state index in [-0.39, 0.29) is 0 Å². The molecule has 0 saturated heterocycles. The van der Waals surface area contributed by atoms with Crippen LogP contribution >= 0.6 is 11.6 Å². The van der Waals surface area contributed by atoms with E-state index in [0.29, 0.717) is 5.02 Å². The predicted molar refractivity (Wildman–Crippen MR) is 79.4 cm³/mol. The number of rotatable bonds is 2. The van der Waals surface area contributed by atoms with Gasteiger partial charge in [-0.1, -0.05) is 41.0 Å². The Bertz CT molecular complexity index is 785. The number of halogens is 1. The summed E-state index contributed by atoms with van der Waals surface area (Å²) in [4.78, 5) is 8.62. The summed E-state index contributed by atoms with van der Waals surface area (Å²) in [5.41, 5.74) is 3.36. The molecule has 1 N–H and O–H groups in total. The first-order valence-electron chi connectivity index (χ1n) is 5.96. The van der Waals surface area contributed by atoms with Crippen molar-refractivity contribution in [2.75, 3.05) is 0 Å². The smallest absolute Gasteiger partial charge is 0.0755 e. The Labute approximate surface area is 120 Å². The van der Waals surface area contributed by atoms with Crippen LogP contribution in [0.25, 0.3) is 22.2 Å². The van der Waals surface area contributed by atoms with Crippen molar-refractivity contribution in [2.24, 2.45) is 5.16 Å². The predicted octanol–water partition coefficient (Wildman–Crippen LogP) is 3.76. The zero-order valence-corrected chi connectivity index (χ0v) is 11.1. The van der Waals surface area contributed by atoms with Crippen molar-refractivity contribution in [3.8, 4) is 11.3 Å². The quantitative estimate of drug-likeness (QED) is 0.442. The summed E-state index contributed by atoms with van der Waals surface area (Å²) in [7, 11) is 0. The van der Waals surface area contributed by atoms with Crippen LogP contribution in [0.3, 0.4) is 0 Å². The lowest BCUT2D eigenvalue weighted by atomic mass is 10.1. The summed E-state index contributed by atoms with van der Waals surface area (Å²) in [6.45, 7) is 0. The van der Waals surface area contributed by atoms with Gasteiger partial charge in [-0.15, -0.1) is 0 Å². The van der Waals surface area contributed by atoms with Gasteiger partial charge in [0.1, 0.15) is 0 Å². The molecule has 0 unspecified atom stereocenters. The fraction of sp³-hybridized carbons (Fsp3) is 0. The summed E-state index contributed by atoms with van der Waals surface area (Å²) in [5, 5.41) is 12.9. The highest BCUT2D eigenvalue weighted by Crippen LogP contribution is 2.27. The zero-order chi connectivity index (χ0) is 13.9. The Kier molecular flexibility index (Phi) is 3.31. The van der Waals surface area contributed by atoms with E-state index in [4.69, 9.17) is 16.8 Å². The molecule has 20 heavy (non-hydrogen) atoms. The highest BCUT2D eigenvalue weighted by molar-refractivity contribution is 6.35. The summed E-state index contributed by atoms with van der Waals surface area (Å²) in [5.74, 6) is 0. The van der Waals surface area contributed by atoms with Gasteiger partial charge in [-0.2, -0.15) is 0 Å². The maximum Gasteiger partial charge on any atom is 0.0755 e. The average Bonchev–Trinajstić information content (AvgIpc) is 2.48. The van der Waals surface area contributed by atoms with Crippen LogP contribution in [0.5, 0.6) is 0 Å². The van der Waals surface area contributed by atoms with Crippen LogP contribution in [-0.2, 0) is 0 Å². The SMILES string of the molecule is O/N=C/c1ccc(-c2cc(Cl)c3cnccc3n2)cc1. The number of nitrogens with zero attached hydrogens (tertiary/aromatic N) is 3. The molecule has 4 nitrogen and oxygen atoms in total. The second-order valence-electron chi connectivity index (χ2n) is 4.25. The molecule has 0 aliphatic rings. The summed E-state index contributed by atoms with van der Waals surface area (Å²) in [6, 6.07) is 11.2. The number of hydrogen-bond donors (Lipinski definition) is 1. The van der Waals surface area contributed by atoms with Crippen molar-refractivity contribution in [3.05, 3.63) is 59.4 Å². The highest BCUT2D eigenvalue weighted by atomic mass is 35.5. The molecule has 0 amide bonds. The van der Waals surface area contributed by atoms with Crippen LogP contribution in [0.2, 0.25) is 5.02 Å². The molecule has 2 aromatic heterocycles. The van der Waals surface area contributed by atoms with Crippen LogP contribution < -0.4 is 0 Å². The van der Waals surface area contributed by atoms with Gasteiger partial charge in [0.2, 0.25) is 0 Å². The topological polar surface area (TPSA) is 58.4 Å². The number of fused-ring (bicyclic) bond motifs is 1. The summed E-state index contributed by atoms with van der Waals surface area (Å²) < 4.78 is 0. The van der Waals surface area contributed by atoms with Gasteiger partial charge in [-0.25, -0.2) is 4.98 Å². The number of benzene rings is 1. The average molecular weight is 284 g/mol. The Morgan fingerprint density at radius 3 is 2.70 bits per heavy atom. The van der Waals surface area contributed by atoms with Gasteiger partial charge in [-0.05, 0) is 17.7 Å². The second-order valence-corrected chi connectivity index (χ2v) is 4.66. The molecule has 0 spiro atoms. The molecule has 0 fully saturated rings. The number of hydrogen-bond acceptors (Lipinski definition) is 4. The maximum absolute atomic E-state index is 8.49. The normalized spacial score (nSPS) is 11.2. The number of pyridine rings is 2. The first kappa shape index (κ1) is 12.6. The Morgan fingerprint density at radius 1 is 1.15 bits per heavy atom. The molecule has 0 aliphatic carbocycles. The van der Waals surface area contributed by atoms with Gasteiger partial charge in [0, 0.05) is 23.3 Å². The molecule has 0 aliphatic heterocycles. The molecule has 0 atom stereocenters. The third-order valence-electron chi connectivity index (χ3n) is 2.97. The Morgan fingerprint density at radius 2 is 1.95 bits per heavy atom. The third kappa shape index (κ3) is 2.33. The molecule has 3 aromatic rings. The van der Waals surface area contributed by atoms with E-state index in [9.17, 15) is 0 Å². The fourth-order valence-corrected chi connectivity index (χ4v) is 2.23. The molecular formula is C15H10ClN3O. The Balaban J connectivity index is 2.09. The third-order valence-corrected chi connectivity index (χ3v) is 3.29. The van der Waals surface area contributed by atoms with Gasteiger partial charge in [0.05, 0.1) is 22.4 Å². The molecule has 0 bridgehead atoms. The van der Waals surface area contributed by atoms with Gasteiger partial charge < -0.3 is 5.21 Å². The van der Waals surface area contributed by atoms with E-state index in [1.165, 1.54) is 6.21 Å². The van der Waals surface area contributed by atoms with Crippen molar-refractivity contribution in [3.63, 3.8) is 0 Å². The van der Waals surface area contributed by atoms with Gasteiger partial charge in [0.15, 0.2) is 0 Å². The van der Waals surface area contributed by atoms with Gasteiger partial charge >= 0.3 is 0 Å². The lowest BCUT2D eigenvalue weighted by Crippen LogP contribution is -1.88.